The molecule has 2 rings (SSSR count). The molecule has 0 spiro atoms. The number of benzene rings is 1. The molecule has 0 aliphatic rings. The number of amides is 1. The molecule has 2 aromatic rings. The minimum atomic E-state index is -1.06. The Kier molecular flexibility index (Phi) is 7.66. The fourth-order valence-electron chi connectivity index (χ4n) is 2.37. The summed E-state index contributed by atoms with van der Waals surface area (Å²) in [7, 11) is 0. The molecule has 28 heavy (non-hydrogen) atoms. The van der Waals surface area contributed by atoms with Crippen LogP contribution in [0.2, 0.25) is 9.36 Å². The van der Waals surface area contributed by atoms with Crippen LogP contribution >= 0.6 is 34.5 Å². The molecule has 150 valence electrons. The van der Waals surface area contributed by atoms with E-state index in [4.69, 9.17) is 27.9 Å². The van der Waals surface area contributed by atoms with Crippen molar-refractivity contribution in [3.05, 3.63) is 68.3 Å². The Morgan fingerprint density at radius 3 is 2.46 bits per heavy atom. The molecule has 0 fully saturated rings. The van der Waals surface area contributed by atoms with Gasteiger partial charge in [-0.1, -0.05) is 35.3 Å². The fraction of sp³-hybridized carbons (Fsp3) is 0.300. The Morgan fingerprint density at radius 1 is 1.18 bits per heavy atom. The first-order valence-corrected chi connectivity index (χ1v) is 10.0. The topological polar surface area (TPSA) is 75.6 Å². The zero-order chi connectivity index (χ0) is 20.9. The minimum absolute atomic E-state index is 0.468. The van der Waals surface area contributed by atoms with Gasteiger partial charge >= 0.3 is 5.97 Å². The normalized spacial score (nSPS) is 13.9. The standard InChI is InChI=1S/C20H21Cl2NO4S/c1-20(2,3)27-17(25)10-9-16(24)23-18(14-7-8-15(22)28-14)19(26)12-5-4-6-13(21)11-12/h4-11,18-19,26H,1-3H3,(H,23,24)/b10-9+/t18-,19-/m1/s1. The van der Waals surface area contributed by atoms with Crippen LogP contribution in [0.25, 0.3) is 0 Å². The lowest BCUT2D eigenvalue weighted by molar-refractivity contribution is -0.148. The Balaban J connectivity index is 2.18. The molecule has 0 radical (unpaired) electrons. The second-order valence-electron chi connectivity index (χ2n) is 6.99. The van der Waals surface area contributed by atoms with Crippen LogP contribution in [0, 0.1) is 0 Å². The first-order chi connectivity index (χ1) is 13.0. The number of rotatable bonds is 6. The zero-order valence-corrected chi connectivity index (χ0v) is 17.9. The highest BCUT2D eigenvalue weighted by Gasteiger charge is 2.26. The third-order valence-electron chi connectivity index (χ3n) is 3.48. The number of ether oxygens (including phenoxy) is 1. The number of hydrogen-bond donors (Lipinski definition) is 2. The van der Waals surface area contributed by atoms with Crippen LogP contribution in [-0.2, 0) is 14.3 Å². The maximum Gasteiger partial charge on any atom is 0.331 e. The van der Waals surface area contributed by atoms with E-state index in [1.165, 1.54) is 11.3 Å². The van der Waals surface area contributed by atoms with Gasteiger partial charge in [-0.25, -0.2) is 4.79 Å². The number of aliphatic hydroxyl groups is 1. The molecule has 1 aromatic heterocycles. The molecular formula is C20H21Cl2NO4S. The molecule has 1 aromatic carbocycles. The molecule has 2 N–H and O–H groups in total. The van der Waals surface area contributed by atoms with Gasteiger partial charge in [0, 0.05) is 22.1 Å². The Hall–Kier alpha value is -1.86. The van der Waals surface area contributed by atoms with Crippen molar-refractivity contribution < 1.29 is 19.4 Å². The van der Waals surface area contributed by atoms with E-state index in [1.54, 1.807) is 57.2 Å². The quantitative estimate of drug-likeness (QED) is 0.496. The molecule has 5 nitrogen and oxygen atoms in total. The maximum absolute atomic E-state index is 12.3. The van der Waals surface area contributed by atoms with Crippen molar-refractivity contribution >= 4 is 46.4 Å². The van der Waals surface area contributed by atoms with Crippen molar-refractivity contribution in [3.63, 3.8) is 0 Å². The Labute approximate surface area is 177 Å². The summed E-state index contributed by atoms with van der Waals surface area (Å²) in [6.45, 7) is 5.20. The van der Waals surface area contributed by atoms with Crippen molar-refractivity contribution in [1.82, 2.24) is 5.32 Å². The first-order valence-electron chi connectivity index (χ1n) is 8.45. The van der Waals surface area contributed by atoms with Crippen LogP contribution < -0.4 is 5.32 Å². The number of esters is 1. The number of hydrogen-bond acceptors (Lipinski definition) is 5. The molecule has 0 aliphatic heterocycles. The van der Waals surface area contributed by atoms with E-state index >= 15 is 0 Å². The van der Waals surface area contributed by atoms with Crippen molar-refractivity contribution in [3.8, 4) is 0 Å². The van der Waals surface area contributed by atoms with E-state index in [9.17, 15) is 14.7 Å². The number of nitrogens with one attached hydrogen (secondary N) is 1. The zero-order valence-electron chi connectivity index (χ0n) is 15.6. The molecule has 0 saturated carbocycles. The third-order valence-corrected chi connectivity index (χ3v) is 5.03. The number of carbonyl (C=O) groups excluding carboxylic acids is 2. The smallest absolute Gasteiger partial charge is 0.331 e. The number of halogens is 2. The van der Waals surface area contributed by atoms with Gasteiger partial charge in [0.1, 0.15) is 11.7 Å². The van der Waals surface area contributed by atoms with E-state index < -0.39 is 29.6 Å². The van der Waals surface area contributed by atoms with Crippen LogP contribution in [0.1, 0.15) is 43.4 Å². The van der Waals surface area contributed by atoms with Crippen LogP contribution in [-0.4, -0.2) is 22.6 Å². The Morgan fingerprint density at radius 2 is 1.89 bits per heavy atom. The number of aliphatic hydroxyl groups excluding tert-OH is 1. The molecule has 0 saturated heterocycles. The molecule has 0 bridgehead atoms. The van der Waals surface area contributed by atoms with E-state index in [0.29, 0.717) is 19.8 Å². The molecule has 1 heterocycles. The van der Waals surface area contributed by atoms with Gasteiger partial charge in [0.05, 0.1) is 10.4 Å². The average Bonchev–Trinajstić information content (AvgIpc) is 3.02. The fourth-order valence-corrected chi connectivity index (χ4v) is 3.71. The summed E-state index contributed by atoms with van der Waals surface area (Å²) in [5, 5.41) is 14.0. The summed E-state index contributed by atoms with van der Waals surface area (Å²) in [5.74, 6) is -1.18. The number of carbonyl (C=O) groups is 2. The highest BCUT2D eigenvalue weighted by atomic mass is 35.5. The monoisotopic (exact) mass is 441 g/mol. The third kappa shape index (κ3) is 6.95. The molecule has 8 heteroatoms. The van der Waals surface area contributed by atoms with Crippen molar-refractivity contribution in [2.45, 2.75) is 38.5 Å². The van der Waals surface area contributed by atoms with Crippen molar-refractivity contribution in [2.24, 2.45) is 0 Å². The lowest BCUT2D eigenvalue weighted by Gasteiger charge is -2.23. The van der Waals surface area contributed by atoms with Crippen molar-refractivity contribution in [2.75, 3.05) is 0 Å². The molecule has 2 atom stereocenters. The van der Waals surface area contributed by atoms with Gasteiger partial charge in [0.25, 0.3) is 0 Å². The van der Waals surface area contributed by atoms with Crippen molar-refractivity contribution in [1.29, 1.82) is 0 Å². The Bertz CT molecular complexity index is 873. The van der Waals surface area contributed by atoms with Gasteiger partial charge < -0.3 is 15.2 Å². The summed E-state index contributed by atoms with van der Waals surface area (Å²) in [6.07, 6.45) is 1.05. The summed E-state index contributed by atoms with van der Waals surface area (Å²) < 4.78 is 5.65. The predicted molar refractivity (Wildman–Crippen MR) is 112 cm³/mol. The highest BCUT2D eigenvalue weighted by Crippen LogP contribution is 2.35. The maximum atomic E-state index is 12.3. The summed E-state index contributed by atoms with van der Waals surface area (Å²) in [4.78, 5) is 24.7. The van der Waals surface area contributed by atoms with Gasteiger partial charge in [0.2, 0.25) is 5.91 Å². The highest BCUT2D eigenvalue weighted by molar-refractivity contribution is 7.16. The predicted octanol–water partition coefficient (Wildman–Crippen LogP) is 4.84. The van der Waals surface area contributed by atoms with E-state index in [2.05, 4.69) is 5.32 Å². The average molecular weight is 442 g/mol. The van der Waals surface area contributed by atoms with Crippen LogP contribution in [0.15, 0.2) is 48.6 Å². The van der Waals surface area contributed by atoms with E-state index in [0.717, 1.165) is 12.2 Å². The molecule has 0 aliphatic carbocycles. The van der Waals surface area contributed by atoms with Crippen LogP contribution in [0.3, 0.4) is 0 Å². The SMILES string of the molecule is CC(C)(C)OC(=O)/C=C/C(=O)N[C@H](c1ccc(Cl)s1)[C@H](O)c1cccc(Cl)c1. The summed E-state index contributed by atoms with van der Waals surface area (Å²) in [6, 6.07) is 9.37. The van der Waals surface area contributed by atoms with Crippen LogP contribution in [0.4, 0.5) is 0 Å². The summed E-state index contributed by atoms with van der Waals surface area (Å²) in [5.41, 5.74) is -0.116. The molecular weight excluding hydrogens is 421 g/mol. The van der Waals surface area contributed by atoms with Gasteiger partial charge in [-0.15, -0.1) is 11.3 Å². The minimum Gasteiger partial charge on any atom is -0.457 e. The van der Waals surface area contributed by atoms with Crippen LogP contribution in [0.5, 0.6) is 0 Å². The lowest BCUT2D eigenvalue weighted by atomic mass is 10.0. The largest absolute Gasteiger partial charge is 0.457 e. The second-order valence-corrected chi connectivity index (χ2v) is 9.18. The number of thiophene rings is 1. The van der Waals surface area contributed by atoms with Gasteiger partial charge in [-0.2, -0.15) is 0 Å². The lowest BCUT2D eigenvalue weighted by Crippen LogP contribution is -2.31. The van der Waals surface area contributed by atoms with E-state index in [1.807, 2.05) is 0 Å². The van der Waals surface area contributed by atoms with E-state index in [-0.39, 0.29) is 0 Å². The van der Waals surface area contributed by atoms with Gasteiger partial charge in [-0.3, -0.25) is 4.79 Å². The second kappa shape index (κ2) is 9.56. The molecule has 1 amide bonds. The van der Waals surface area contributed by atoms with Gasteiger partial charge in [0.15, 0.2) is 0 Å². The summed E-state index contributed by atoms with van der Waals surface area (Å²) >= 11 is 13.3. The molecule has 0 unspecified atom stereocenters. The first kappa shape index (κ1) is 22.4. The van der Waals surface area contributed by atoms with Gasteiger partial charge in [-0.05, 0) is 50.6 Å².